The van der Waals surface area contributed by atoms with Gasteiger partial charge in [0.25, 0.3) is 0 Å². The number of aliphatic hydroxyl groups is 1. The Bertz CT molecular complexity index is 941. The van der Waals surface area contributed by atoms with E-state index in [1.54, 1.807) is 37.6 Å². The smallest absolute Gasteiger partial charge is 0.246 e. The molecule has 3 rings (SSSR count). The summed E-state index contributed by atoms with van der Waals surface area (Å²) < 4.78 is 14.6. The molecule has 0 saturated carbocycles. The average Bonchev–Trinajstić information content (AvgIpc) is 3.28. The second kappa shape index (κ2) is 9.02. The normalized spacial score (nSPS) is 22.4. The van der Waals surface area contributed by atoms with Crippen molar-refractivity contribution in [1.82, 2.24) is 15.2 Å². The van der Waals surface area contributed by atoms with Gasteiger partial charge in [-0.15, -0.1) is 11.3 Å². The third kappa shape index (κ3) is 4.94. The molecule has 168 valence electrons. The second-order valence-corrected chi connectivity index (χ2v) is 9.83. The maximum absolute atomic E-state index is 14.6. The van der Waals surface area contributed by atoms with E-state index in [-0.39, 0.29) is 13.1 Å². The Morgan fingerprint density at radius 3 is 2.55 bits per heavy atom. The van der Waals surface area contributed by atoms with Crippen LogP contribution in [-0.2, 0) is 16.1 Å². The third-order valence-electron chi connectivity index (χ3n) is 5.57. The van der Waals surface area contributed by atoms with Crippen LogP contribution in [0.25, 0.3) is 10.4 Å². The van der Waals surface area contributed by atoms with Gasteiger partial charge >= 0.3 is 0 Å². The second-order valence-electron chi connectivity index (χ2n) is 8.97. The highest BCUT2D eigenvalue weighted by molar-refractivity contribution is 7.13. The van der Waals surface area contributed by atoms with Crippen molar-refractivity contribution in [2.24, 2.45) is 11.1 Å². The molecule has 0 aliphatic carbocycles. The minimum atomic E-state index is -1.87. The molecule has 9 heteroatoms. The molecule has 1 fully saturated rings. The predicted molar refractivity (Wildman–Crippen MR) is 118 cm³/mol. The van der Waals surface area contributed by atoms with Crippen molar-refractivity contribution in [2.45, 2.75) is 58.6 Å². The van der Waals surface area contributed by atoms with Gasteiger partial charge in [-0.25, -0.2) is 9.37 Å². The Labute approximate surface area is 185 Å². The number of aromatic nitrogens is 1. The number of thiazole rings is 1. The fraction of sp³-hybridized carbons (Fsp3) is 0.500. The zero-order chi connectivity index (χ0) is 22.9. The first-order chi connectivity index (χ1) is 14.5. The summed E-state index contributed by atoms with van der Waals surface area (Å²) >= 11 is 1.56. The third-order valence-corrected chi connectivity index (χ3v) is 6.55. The lowest BCUT2D eigenvalue weighted by molar-refractivity contribution is -0.142. The van der Waals surface area contributed by atoms with Gasteiger partial charge in [-0.2, -0.15) is 0 Å². The lowest BCUT2D eigenvalue weighted by Crippen LogP contribution is -2.56. The van der Waals surface area contributed by atoms with E-state index in [2.05, 4.69) is 10.3 Å². The summed E-state index contributed by atoms with van der Waals surface area (Å²) in [5.41, 5.74) is 10.1. The van der Waals surface area contributed by atoms with Crippen LogP contribution in [0.2, 0.25) is 0 Å². The molecular formula is C22H29FN4O3S. The summed E-state index contributed by atoms with van der Waals surface area (Å²) in [6.07, 6.45) is -3.29. The van der Waals surface area contributed by atoms with Crippen LogP contribution >= 0.6 is 11.3 Å². The number of amides is 2. The number of halogens is 1. The number of nitrogens with one attached hydrogen (secondary N) is 1. The minimum Gasteiger partial charge on any atom is -0.388 e. The standard InChI is InChI=1S/C22H29FN4O3S/c1-12-18(31-11-26-12)14-7-5-13(6-8-14)9-25-20(29)17-16(23)15(28)10-27(17)21(30)19(24)22(2,3)4/h5-8,11,15-17,19,28H,9-10,24H2,1-4H3,(H,25,29)/t15?,16-,17-,19+/m0/s1. The number of hydrogen-bond acceptors (Lipinski definition) is 6. The molecule has 2 heterocycles. The van der Waals surface area contributed by atoms with Crippen molar-refractivity contribution in [3.8, 4) is 10.4 Å². The van der Waals surface area contributed by atoms with E-state index in [0.29, 0.717) is 0 Å². The van der Waals surface area contributed by atoms with E-state index in [1.807, 2.05) is 31.2 Å². The number of benzene rings is 1. The molecule has 2 aromatic rings. The quantitative estimate of drug-likeness (QED) is 0.649. The van der Waals surface area contributed by atoms with Gasteiger partial charge in [-0.3, -0.25) is 9.59 Å². The number of hydrogen-bond donors (Lipinski definition) is 3. The van der Waals surface area contributed by atoms with Crippen molar-refractivity contribution in [3.05, 3.63) is 41.0 Å². The van der Waals surface area contributed by atoms with Crippen molar-refractivity contribution in [1.29, 1.82) is 0 Å². The number of aryl methyl sites for hydroxylation is 1. The number of rotatable bonds is 5. The van der Waals surface area contributed by atoms with Crippen LogP contribution < -0.4 is 11.1 Å². The number of nitrogens with two attached hydrogens (primary N) is 1. The van der Waals surface area contributed by atoms with Crippen LogP contribution in [-0.4, -0.2) is 57.7 Å². The first-order valence-corrected chi connectivity index (χ1v) is 11.0. The first-order valence-electron chi connectivity index (χ1n) is 10.2. The molecule has 1 aromatic heterocycles. The van der Waals surface area contributed by atoms with Crippen LogP contribution in [0.5, 0.6) is 0 Å². The van der Waals surface area contributed by atoms with Crippen LogP contribution in [0.3, 0.4) is 0 Å². The Balaban J connectivity index is 1.68. The van der Waals surface area contributed by atoms with Gasteiger partial charge in [-0.1, -0.05) is 45.0 Å². The molecule has 1 unspecified atom stereocenters. The number of aliphatic hydroxyl groups excluding tert-OH is 1. The van der Waals surface area contributed by atoms with Crippen LogP contribution in [0.1, 0.15) is 32.0 Å². The van der Waals surface area contributed by atoms with Crippen molar-refractivity contribution < 1.29 is 19.1 Å². The summed E-state index contributed by atoms with van der Waals surface area (Å²) in [4.78, 5) is 31.9. The van der Waals surface area contributed by atoms with Gasteiger partial charge in [0.1, 0.15) is 12.1 Å². The Kier molecular flexibility index (Phi) is 6.78. The maximum Gasteiger partial charge on any atom is 0.246 e. The van der Waals surface area contributed by atoms with E-state index in [9.17, 15) is 19.1 Å². The average molecular weight is 449 g/mol. The number of likely N-dealkylation sites (tertiary alicyclic amines) is 1. The van der Waals surface area contributed by atoms with E-state index in [0.717, 1.165) is 26.6 Å². The number of carbonyl (C=O) groups is 2. The van der Waals surface area contributed by atoms with Gasteiger partial charge in [0, 0.05) is 6.54 Å². The van der Waals surface area contributed by atoms with Crippen molar-refractivity contribution in [2.75, 3.05) is 6.54 Å². The predicted octanol–water partition coefficient (Wildman–Crippen LogP) is 2.02. The molecule has 2 amide bonds. The summed E-state index contributed by atoms with van der Waals surface area (Å²) in [7, 11) is 0. The lowest BCUT2D eigenvalue weighted by atomic mass is 9.86. The van der Waals surface area contributed by atoms with Crippen LogP contribution in [0.4, 0.5) is 4.39 Å². The highest BCUT2D eigenvalue weighted by Gasteiger charge is 2.49. The molecule has 0 spiro atoms. The molecule has 31 heavy (non-hydrogen) atoms. The molecular weight excluding hydrogens is 419 g/mol. The van der Waals surface area contributed by atoms with E-state index < -0.39 is 41.6 Å². The highest BCUT2D eigenvalue weighted by atomic mass is 32.1. The van der Waals surface area contributed by atoms with Crippen molar-refractivity contribution in [3.63, 3.8) is 0 Å². The molecule has 1 aromatic carbocycles. The number of carbonyl (C=O) groups excluding carboxylic acids is 2. The summed E-state index contributed by atoms with van der Waals surface area (Å²) in [6, 6.07) is 5.32. The highest BCUT2D eigenvalue weighted by Crippen LogP contribution is 2.28. The fourth-order valence-corrected chi connectivity index (χ4v) is 4.32. The molecule has 4 N–H and O–H groups in total. The summed E-state index contributed by atoms with van der Waals surface area (Å²) in [6.45, 7) is 7.24. The molecule has 0 bridgehead atoms. The van der Waals surface area contributed by atoms with Gasteiger partial charge in [0.05, 0.1) is 28.7 Å². The molecule has 7 nitrogen and oxygen atoms in total. The molecule has 1 aliphatic rings. The Morgan fingerprint density at radius 2 is 2.00 bits per heavy atom. The van der Waals surface area contributed by atoms with Gasteiger partial charge in [0.15, 0.2) is 6.17 Å². The summed E-state index contributed by atoms with van der Waals surface area (Å²) in [5, 5.41) is 12.6. The number of alkyl halides is 1. The molecule has 4 atom stereocenters. The maximum atomic E-state index is 14.6. The van der Waals surface area contributed by atoms with Crippen LogP contribution in [0.15, 0.2) is 29.8 Å². The largest absolute Gasteiger partial charge is 0.388 e. The SMILES string of the molecule is Cc1ncsc1-c1ccc(CNC(=O)[C@@H]2[C@@H](F)C(O)CN2C(=O)[C@@H](N)C(C)(C)C)cc1. The lowest BCUT2D eigenvalue weighted by Gasteiger charge is -2.32. The number of nitrogens with zero attached hydrogens (tertiary/aromatic N) is 2. The molecule has 0 radical (unpaired) electrons. The fourth-order valence-electron chi connectivity index (χ4n) is 3.51. The monoisotopic (exact) mass is 448 g/mol. The topological polar surface area (TPSA) is 109 Å². The zero-order valence-corrected chi connectivity index (χ0v) is 18.9. The zero-order valence-electron chi connectivity index (χ0n) is 18.1. The molecule has 1 aliphatic heterocycles. The van der Waals surface area contributed by atoms with Gasteiger partial charge in [0.2, 0.25) is 11.8 Å². The Hall–Kier alpha value is -2.36. The van der Waals surface area contributed by atoms with Crippen LogP contribution in [0, 0.1) is 12.3 Å². The Morgan fingerprint density at radius 1 is 1.35 bits per heavy atom. The van der Waals surface area contributed by atoms with E-state index in [1.165, 1.54) is 0 Å². The number of β-amino-alcohol motifs (C(OH)–C–C–N with tert-alkyl or cyclic N) is 1. The minimum absolute atomic E-state index is 0.174. The molecule has 1 saturated heterocycles. The first kappa shape index (κ1) is 23.3. The summed E-state index contributed by atoms with van der Waals surface area (Å²) in [5.74, 6) is -1.20. The van der Waals surface area contributed by atoms with Gasteiger partial charge < -0.3 is 21.1 Å². The van der Waals surface area contributed by atoms with Crippen molar-refractivity contribution >= 4 is 23.2 Å². The van der Waals surface area contributed by atoms with E-state index in [4.69, 9.17) is 5.73 Å². The van der Waals surface area contributed by atoms with Gasteiger partial charge in [-0.05, 0) is 23.5 Å². The van der Waals surface area contributed by atoms with E-state index >= 15 is 0 Å².